The number of hydrogen-bond donors (Lipinski definition) is 2. The van der Waals surface area contributed by atoms with Crippen molar-refractivity contribution in [3.63, 3.8) is 0 Å². The van der Waals surface area contributed by atoms with Crippen LogP contribution in [0.25, 0.3) is 0 Å². The Balaban J connectivity index is 2.82. The number of carbonyl (C=O) groups excluding carboxylic acids is 1. The summed E-state index contributed by atoms with van der Waals surface area (Å²) in [7, 11) is 0.422. The molecule has 0 heterocycles. The van der Waals surface area contributed by atoms with Crippen LogP contribution in [-0.2, 0) is 9.45 Å². The van der Waals surface area contributed by atoms with E-state index in [9.17, 15) is 9.82 Å². The third kappa shape index (κ3) is 3.23. The lowest BCUT2D eigenvalue weighted by molar-refractivity contribution is -0.111. The fourth-order valence-electron chi connectivity index (χ4n) is 1.10. The van der Waals surface area contributed by atoms with Gasteiger partial charge in [-0.3, -0.25) is 4.79 Å². The molecule has 0 atom stereocenters. The number of carbonyl (C=O) groups is 1. The van der Waals surface area contributed by atoms with Gasteiger partial charge in [0.05, 0.1) is 0 Å². The molecule has 1 amide bonds. The van der Waals surface area contributed by atoms with E-state index in [1.807, 2.05) is 0 Å². The molecule has 0 spiro atoms. The Kier molecular flexibility index (Phi) is 4.09. The highest BCUT2D eigenvalue weighted by atomic mass is 16.5. The quantitative estimate of drug-likeness (QED) is 0.543. The number of hydrogen-bond acceptors (Lipinski definition) is 3. The molecule has 0 aliphatic carbocycles. The monoisotopic (exact) mass is 205 g/mol. The van der Waals surface area contributed by atoms with E-state index >= 15 is 0 Å². The molecule has 15 heavy (non-hydrogen) atoms. The first-order valence-corrected chi connectivity index (χ1v) is 4.41. The van der Waals surface area contributed by atoms with Crippen molar-refractivity contribution in [1.29, 1.82) is 0 Å². The second-order valence-corrected chi connectivity index (χ2v) is 2.91. The van der Waals surface area contributed by atoms with E-state index in [0.717, 1.165) is 0 Å². The SMILES string of the molecule is C=CC(=O)Nc1cccc(B(O)OC)c1. The van der Waals surface area contributed by atoms with Gasteiger partial charge in [0.2, 0.25) is 5.91 Å². The lowest BCUT2D eigenvalue weighted by Crippen LogP contribution is -2.32. The van der Waals surface area contributed by atoms with Gasteiger partial charge in [0.15, 0.2) is 0 Å². The lowest BCUT2D eigenvalue weighted by atomic mass is 9.79. The van der Waals surface area contributed by atoms with E-state index in [2.05, 4.69) is 11.9 Å². The smallest absolute Gasteiger partial charge is 0.423 e. The summed E-state index contributed by atoms with van der Waals surface area (Å²) in [6.07, 6.45) is 1.18. The Hall–Kier alpha value is -1.59. The van der Waals surface area contributed by atoms with Crippen molar-refractivity contribution in [2.75, 3.05) is 12.4 Å². The van der Waals surface area contributed by atoms with Crippen LogP contribution in [-0.4, -0.2) is 25.2 Å². The summed E-state index contributed by atoms with van der Waals surface area (Å²) >= 11 is 0. The first-order chi connectivity index (χ1) is 7.17. The Morgan fingerprint density at radius 2 is 2.40 bits per heavy atom. The van der Waals surface area contributed by atoms with Crippen molar-refractivity contribution in [1.82, 2.24) is 0 Å². The van der Waals surface area contributed by atoms with Gasteiger partial charge >= 0.3 is 7.12 Å². The first-order valence-electron chi connectivity index (χ1n) is 4.41. The summed E-state index contributed by atoms with van der Waals surface area (Å²) in [5, 5.41) is 12.0. The van der Waals surface area contributed by atoms with Crippen molar-refractivity contribution in [3.8, 4) is 0 Å². The molecular formula is C10H12BNO3. The maximum absolute atomic E-state index is 11.0. The Morgan fingerprint density at radius 3 is 3.00 bits per heavy atom. The molecule has 1 rings (SSSR count). The predicted molar refractivity (Wildman–Crippen MR) is 59.9 cm³/mol. The molecule has 0 fully saturated rings. The lowest BCUT2D eigenvalue weighted by Gasteiger charge is -2.06. The number of amides is 1. The predicted octanol–water partition coefficient (Wildman–Crippen LogP) is 0.145. The summed E-state index contributed by atoms with van der Waals surface area (Å²) in [6, 6.07) is 6.77. The molecule has 1 aromatic carbocycles. The maximum atomic E-state index is 11.0. The Labute approximate surface area is 88.7 Å². The second kappa shape index (κ2) is 5.33. The summed E-state index contributed by atoms with van der Waals surface area (Å²) in [4.78, 5) is 11.0. The molecule has 0 aromatic heterocycles. The molecule has 0 unspecified atom stereocenters. The number of anilines is 1. The fraction of sp³-hybridized carbons (Fsp3) is 0.100. The van der Waals surface area contributed by atoms with Crippen LogP contribution in [0, 0.1) is 0 Å². The zero-order valence-corrected chi connectivity index (χ0v) is 8.43. The van der Waals surface area contributed by atoms with Gasteiger partial charge < -0.3 is 15.0 Å². The first kappa shape index (κ1) is 11.5. The topological polar surface area (TPSA) is 58.6 Å². The van der Waals surface area contributed by atoms with E-state index in [0.29, 0.717) is 11.2 Å². The fourth-order valence-corrected chi connectivity index (χ4v) is 1.10. The Bertz CT molecular complexity index is 367. The molecule has 4 nitrogen and oxygen atoms in total. The van der Waals surface area contributed by atoms with Crippen molar-refractivity contribution in [2.24, 2.45) is 0 Å². The molecule has 0 saturated heterocycles. The molecule has 0 radical (unpaired) electrons. The van der Waals surface area contributed by atoms with Crippen molar-refractivity contribution in [3.05, 3.63) is 36.9 Å². The highest BCUT2D eigenvalue weighted by molar-refractivity contribution is 6.60. The summed E-state index contributed by atoms with van der Waals surface area (Å²) < 4.78 is 4.75. The van der Waals surface area contributed by atoms with Crippen LogP contribution in [0.15, 0.2) is 36.9 Å². The molecular weight excluding hydrogens is 193 g/mol. The zero-order chi connectivity index (χ0) is 11.3. The third-order valence-corrected chi connectivity index (χ3v) is 1.85. The molecule has 78 valence electrons. The highest BCUT2D eigenvalue weighted by Crippen LogP contribution is 2.04. The van der Waals surface area contributed by atoms with Crippen LogP contribution in [0.5, 0.6) is 0 Å². The van der Waals surface area contributed by atoms with Crippen LogP contribution in [0.3, 0.4) is 0 Å². The minimum atomic E-state index is -0.981. The van der Waals surface area contributed by atoms with Gasteiger partial charge in [0, 0.05) is 12.8 Å². The van der Waals surface area contributed by atoms with Crippen LogP contribution in [0.4, 0.5) is 5.69 Å². The summed E-state index contributed by atoms with van der Waals surface area (Å²) in [5.41, 5.74) is 1.17. The molecule has 0 aliphatic heterocycles. The van der Waals surface area contributed by atoms with Gasteiger partial charge in [-0.2, -0.15) is 0 Å². The minimum absolute atomic E-state index is 0.293. The standard InChI is InChI=1S/C10H12BNO3/c1-3-10(13)12-9-6-4-5-8(7-9)11(14)15-2/h3-7,14H,1H2,2H3,(H,12,13). The highest BCUT2D eigenvalue weighted by Gasteiger charge is 2.14. The van der Waals surface area contributed by atoms with Crippen LogP contribution in [0.2, 0.25) is 0 Å². The number of nitrogens with one attached hydrogen (secondary N) is 1. The van der Waals surface area contributed by atoms with Gasteiger partial charge in [-0.25, -0.2) is 0 Å². The van der Waals surface area contributed by atoms with Gasteiger partial charge in [-0.1, -0.05) is 18.7 Å². The molecule has 0 bridgehead atoms. The largest absolute Gasteiger partial charge is 0.491 e. The second-order valence-electron chi connectivity index (χ2n) is 2.91. The van der Waals surface area contributed by atoms with E-state index in [4.69, 9.17) is 4.65 Å². The molecule has 0 aliphatic rings. The van der Waals surface area contributed by atoms with Gasteiger partial charge in [0.25, 0.3) is 0 Å². The molecule has 0 saturated carbocycles. The van der Waals surface area contributed by atoms with E-state index in [1.165, 1.54) is 13.2 Å². The van der Waals surface area contributed by atoms with Crippen molar-refractivity contribution in [2.45, 2.75) is 0 Å². The van der Waals surface area contributed by atoms with E-state index in [-0.39, 0.29) is 5.91 Å². The van der Waals surface area contributed by atoms with Gasteiger partial charge in [-0.05, 0) is 23.7 Å². The molecule has 1 aromatic rings. The van der Waals surface area contributed by atoms with E-state index < -0.39 is 7.12 Å². The number of benzene rings is 1. The zero-order valence-electron chi connectivity index (χ0n) is 8.43. The Morgan fingerprint density at radius 1 is 1.67 bits per heavy atom. The third-order valence-electron chi connectivity index (χ3n) is 1.85. The van der Waals surface area contributed by atoms with Crippen LogP contribution < -0.4 is 10.8 Å². The number of rotatable bonds is 4. The van der Waals surface area contributed by atoms with Crippen molar-refractivity contribution >= 4 is 24.2 Å². The van der Waals surface area contributed by atoms with E-state index in [1.54, 1.807) is 24.3 Å². The molecule has 5 heteroatoms. The van der Waals surface area contributed by atoms with Gasteiger partial charge in [0.1, 0.15) is 0 Å². The minimum Gasteiger partial charge on any atom is -0.423 e. The van der Waals surface area contributed by atoms with Crippen molar-refractivity contribution < 1.29 is 14.5 Å². The van der Waals surface area contributed by atoms with Crippen LogP contribution >= 0.6 is 0 Å². The normalized spacial score (nSPS) is 9.47. The maximum Gasteiger partial charge on any atom is 0.491 e. The van der Waals surface area contributed by atoms with Crippen LogP contribution in [0.1, 0.15) is 0 Å². The molecule has 2 N–H and O–H groups in total. The van der Waals surface area contributed by atoms with Gasteiger partial charge in [-0.15, -0.1) is 0 Å². The average Bonchev–Trinajstić information content (AvgIpc) is 2.28. The summed E-state index contributed by atoms with van der Waals surface area (Å²) in [5.74, 6) is -0.293. The average molecular weight is 205 g/mol. The summed E-state index contributed by atoms with van der Waals surface area (Å²) in [6.45, 7) is 3.34.